The SMILES string of the molecule is CC1=Cc2c(oc3ncccc23)N(C)B1c1cc(C)c(-c2ccccc2)c[n+]1C.CC1=Cc2oc3ccccc3c2N(C)B1c1cc(C)c(-c2ccccc2)c[n+]1C.[2H]C([2H])([2H])c1c[n+](C)c(B2C(C)=Cc3c(oc4ncccc34)N2C)cc1-c1ccccc1.[2H]C([2H])([2H])c1c[n+](C)c(B2C(C)=Cc3oc4ncccc4c3N2C)cc1-c1ccccc1. The molecule has 568 valence electrons. The average molecular weight is 1530 g/mol. The van der Waals surface area contributed by atoms with Crippen LogP contribution in [0.3, 0.4) is 0 Å². The Labute approximate surface area is 688 Å². The van der Waals surface area contributed by atoms with Crippen LogP contribution in [0.4, 0.5) is 23.1 Å². The van der Waals surface area contributed by atoms with Gasteiger partial charge in [0.2, 0.25) is 17.1 Å². The van der Waals surface area contributed by atoms with Crippen LogP contribution < -0.4 is 59.9 Å². The highest BCUT2D eigenvalue weighted by atomic mass is 16.4. The number of furan rings is 4. The van der Waals surface area contributed by atoms with Crippen molar-refractivity contribution in [3.8, 4) is 44.5 Å². The summed E-state index contributed by atoms with van der Waals surface area (Å²) >= 11 is 0. The summed E-state index contributed by atoms with van der Waals surface area (Å²) in [6.45, 7) is 8.58. The molecule has 19 heteroatoms. The monoisotopic (exact) mass is 1530 g/mol. The second kappa shape index (κ2) is 30.9. The predicted octanol–water partition coefficient (Wildman–Crippen LogP) is 16.3. The number of hydrogen-bond donors (Lipinski definition) is 0. The fourth-order valence-electron chi connectivity index (χ4n) is 17.7. The first-order chi connectivity index (χ1) is 58.6. The van der Waals surface area contributed by atoms with Gasteiger partial charge >= 0.3 is 27.4 Å². The lowest BCUT2D eigenvalue weighted by Crippen LogP contribution is -2.62. The molecule has 0 unspecified atom stereocenters. The van der Waals surface area contributed by atoms with Gasteiger partial charge in [-0.1, -0.05) is 168 Å². The van der Waals surface area contributed by atoms with E-state index in [0.29, 0.717) is 28.3 Å². The van der Waals surface area contributed by atoms with Crippen LogP contribution >= 0.6 is 0 Å². The van der Waals surface area contributed by atoms with Crippen molar-refractivity contribution in [2.24, 2.45) is 28.2 Å². The topological polar surface area (TPSA) is 120 Å². The molecule has 20 rings (SSSR count). The third kappa shape index (κ3) is 13.7. The van der Waals surface area contributed by atoms with E-state index in [-0.39, 0.29) is 27.4 Å². The Morgan fingerprint density at radius 1 is 0.319 bits per heavy atom. The molecule has 0 N–H and O–H groups in total. The fourth-order valence-corrected chi connectivity index (χ4v) is 17.7. The van der Waals surface area contributed by atoms with Gasteiger partial charge in [0.15, 0.2) is 64.7 Å². The first-order valence-corrected chi connectivity index (χ1v) is 39.2. The number of hydrogen-bond acceptors (Lipinski definition) is 11. The van der Waals surface area contributed by atoms with Crippen LogP contribution in [0.5, 0.6) is 0 Å². The van der Waals surface area contributed by atoms with Crippen LogP contribution in [-0.4, -0.2) is 70.5 Å². The number of nitrogens with zero attached hydrogens (tertiary/aromatic N) is 11. The molecule has 4 aliphatic rings. The van der Waals surface area contributed by atoms with Crippen LogP contribution in [0.1, 0.15) is 80.8 Å². The van der Waals surface area contributed by atoms with Crippen molar-refractivity contribution in [3.63, 3.8) is 0 Å². The van der Waals surface area contributed by atoms with E-state index in [9.17, 15) is 0 Å². The minimum Gasteiger partial charge on any atom is -0.455 e. The maximum Gasteiger partial charge on any atom is 0.401 e. The molecular formula is C97H93B4N11O4+4. The smallest absolute Gasteiger partial charge is 0.401 e. The number of aromatic nitrogens is 7. The Hall–Kier alpha value is -13.3. The minimum atomic E-state index is -2.22. The quantitative estimate of drug-likeness (QED) is 0.107. The largest absolute Gasteiger partial charge is 0.455 e. The Morgan fingerprint density at radius 3 is 1.07 bits per heavy atom. The standard InChI is InChI=1S/C25H24BN2O.3C24H23BN3O/c1-17-14-24(27(3)16-21(17)19-10-6-5-7-11-19)26-18(2)15-23-25(28(26)4)20-12-8-9-13-22(20)29-23;1-16-15-27(3)22(14-20(16)18-9-6-5-7-10-18)25-17(2)13-21-23(28(25)4)19-11-8-12-26-24(19)29-21;1-16-15-27(3)22(14-20(16)18-9-6-5-7-10-18)25-17(2)13-21-19-11-8-12-26-23(19)29-24(21)28(25)4;1-16-13-22(27(3)15-21(16)18-9-6-5-7-10-18)25-17(2)14-20-19-11-8-12-26-23(19)29-24(20)28(25)4/h5-16H,1-4H3;3*5-15H,1-4H3/q4*+1/i;2*1D3;. The molecule has 0 bridgehead atoms. The van der Waals surface area contributed by atoms with E-state index in [1.54, 1.807) is 31.0 Å². The van der Waals surface area contributed by atoms with E-state index in [4.69, 9.17) is 25.9 Å². The number of benzene rings is 5. The second-order valence-electron chi connectivity index (χ2n) is 31.0. The Kier molecular flexibility index (Phi) is 18.2. The highest BCUT2D eigenvalue weighted by molar-refractivity contribution is 6.84. The van der Waals surface area contributed by atoms with Gasteiger partial charge in [0.05, 0.1) is 16.8 Å². The zero-order valence-corrected chi connectivity index (χ0v) is 67.8. The fraction of sp³-hybridized carbons (Fsp3) is 0.165. The van der Waals surface area contributed by atoms with Gasteiger partial charge in [-0.25, -0.2) is 33.2 Å². The molecule has 0 atom stereocenters. The van der Waals surface area contributed by atoms with Gasteiger partial charge in [-0.2, -0.15) is 0 Å². The summed E-state index contributed by atoms with van der Waals surface area (Å²) in [6, 6.07) is 69.3. The van der Waals surface area contributed by atoms with Gasteiger partial charge in [-0.3, -0.25) is 0 Å². The first kappa shape index (κ1) is 68.3. The van der Waals surface area contributed by atoms with Crippen LogP contribution in [0.15, 0.2) is 289 Å². The maximum atomic E-state index is 8.10. The lowest BCUT2D eigenvalue weighted by molar-refractivity contribution is -0.654. The number of fused-ring (bicyclic) bond motifs is 12. The number of rotatable bonds is 8. The van der Waals surface area contributed by atoms with Crippen molar-refractivity contribution in [2.45, 2.75) is 55.2 Å². The highest BCUT2D eigenvalue weighted by Crippen LogP contribution is 2.43. The van der Waals surface area contributed by atoms with Crippen molar-refractivity contribution in [3.05, 3.63) is 316 Å². The summed E-state index contributed by atoms with van der Waals surface area (Å²) in [5.41, 5.74) is 27.9. The molecule has 0 spiro atoms. The van der Waals surface area contributed by atoms with Crippen LogP contribution in [0.2, 0.25) is 0 Å². The number of anilines is 4. The van der Waals surface area contributed by atoms with Crippen LogP contribution in [0.25, 0.3) is 113 Å². The van der Waals surface area contributed by atoms with Crippen molar-refractivity contribution in [1.82, 2.24) is 15.0 Å². The Morgan fingerprint density at radius 2 is 0.647 bits per heavy atom. The first-order valence-electron chi connectivity index (χ1n) is 42.2. The van der Waals surface area contributed by atoms with E-state index in [1.165, 1.54) is 66.6 Å². The van der Waals surface area contributed by atoms with Gasteiger partial charge in [0.25, 0.3) is 0 Å². The minimum absolute atomic E-state index is 0.0818. The number of allylic oxidation sites excluding steroid dienone is 4. The molecule has 5 aromatic carbocycles. The number of pyridine rings is 7. The molecule has 11 aromatic heterocycles. The molecule has 4 aliphatic heterocycles. The zero-order chi connectivity index (χ0) is 85.5. The van der Waals surface area contributed by atoms with E-state index in [0.717, 1.165) is 106 Å². The highest BCUT2D eigenvalue weighted by Gasteiger charge is 2.44. The van der Waals surface area contributed by atoms with Crippen LogP contribution in [-0.2, 0) is 28.2 Å². The number of aryl methyl sites for hydroxylation is 8. The van der Waals surface area contributed by atoms with E-state index in [1.807, 2.05) is 153 Å². The molecular weight excluding hydrogens is 1430 g/mol. The summed E-state index contributed by atoms with van der Waals surface area (Å²) in [4.78, 5) is 22.0. The lowest BCUT2D eigenvalue weighted by atomic mass is 9.49. The Bertz CT molecular complexity index is 6880. The van der Waals surface area contributed by atoms with E-state index in [2.05, 4.69) is 241 Å². The molecule has 15 heterocycles. The van der Waals surface area contributed by atoms with Crippen molar-refractivity contribution >= 4 is 141 Å². The normalized spacial score (nSPS) is 14.6. The third-order valence-electron chi connectivity index (χ3n) is 23.2. The molecule has 16 aromatic rings. The van der Waals surface area contributed by atoms with Crippen molar-refractivity contribution < 1.29 is 44.2 Å². The summed E-state index contributed by atoms with van der Waals surface area (Å²) in [7, 11) is 16.4. The molecule has 0 saturated carbocycles. The lowest BCUT2D eigenvalue weighted by Gasteiger charge is -2.29. The zero-order valence-electron chi connectivity index (χ0n) is 73.8. The van der Waals surface area contributed by atoms with Gasteiger partial charge < -0.3 is 36.9 Å². The van der Waals surface area contributed by atoms with Crippen molar-refractivity contribution in [2.75, 3.05) is 47.4 Å². The second-order valence-corrected chi connectivity index (χ2v) is 31.0. The third-order valence-corrected chi connectivity index (χ3v) is 23.2. The average Bonchev–Trinajstić information content (AvgIpc) is 1.58. The molecule has 0 saturated heterocycles. The molecule has 0 fully saturated rings. The van der Waals surface area contributed by atoms with Crippen LogP contribution in [0, 0.1) is 27.6 Å². The summed E-state index contributed by atoms with van der Waals surface area (Å²) in [5.74, 6) is 3.37. The Balaban J connectivity index is 0.000000116. The summed E-state index contributed by atoms with van der Waals surface area (Å²) in [6.07, 6.45) is 21.8. The molecule has 15 nitrogen and oxygen atoms in total. The summed E-state index contributed by atoms with van der Waals surface area (Å²) in [5, 5.41) is 4.18. The van der Waals surface area contributed by atoms with Crippen molar-refractivity contribution in [1.29, 1.82) is 0 Å². The summed E-state index contributed by atoms with van der Waals surface area (Å²) < 4.78 is 81.3. The van der Waals surface area contributed by atoms with Gasteiger partial charge in [-0.15, -0.1) is 0 Å². The van der Waals surface area contributed by atoms with E-state index < -0.39 is 13.7 Å². The maximum absolute atomic E-state index is 8.10. The van der Waals surface area contributed by atoms with Gasteiger partial charge in [-0.05, 0) is 189 Å². The predicted molar refractivity (Wildman–Crippen MR) is 479 cm³/mol. The molecule has 116 heavy (non-hydrogen) atoms. The van der Waals surface area contributed by atoms with Gasteiger partial charge in [0.1, 0.15) is 39.5 Å². The molecule has 0 radical (unpaired) electrons. The molecule has 0 amide bonds. The van der Waals surface area contributed by atoms with E-state index >= 15 is 0 Å². The van der Waals surface area contributed by atoms with Gasteiger partial charge in [0, 0.05) is 101 Å². The number of para-hydroxylation sites is 1. The molecule has 0 aliphatic carbocycles.